The third kappa shape index (κ3) is 5.69. The monoisotopic (exact) mass is 783 g/mol. The Hall–Kier alpha value is -4.47. The Morgan fingerprint density at radius 1 is 0.783 bits per heavy atom. The van der Waals surface area contributed by atoms with Gasteiger partial charge in [-0.05, 0) is 82.8 Å². The smallest absolute Gasteiger partial charge is 0.509 e. The van der Waals surface area contributed by atoms with E-state index in [1.54, 1.807) is 0 Å². The van der Waals surface area contributed by atoms with E-state index < -0.39 is 0 Å². The molecule has 4 aromatic carbocycles. The molecular formula is C40H36N4OPt. The van der Waals surface area contributed by atoms with Crippen LogP contribution in [-0.4, -0.2) is 19.3 Å². The summed E-state index contributed by atoms with van der Waals surface area (Å²) in [5.74, 6) is 2.86. The van der Waals surface area contributed by atoms with Crippen molar-refractivity contribution in [1.82, 2.24) is 19.3 Å². The molecule has 0 bridgehead atoms. The molecule has 0 unspecified atom stereocenters. The number of benzene rings is 4. The molecule has 0 fully saturated rings. The Bertz CT molecular complexity index is 2190. The van der Waals surface area contributed by atoms with Crippen LogP contribution < -0.4 is 4.74 Å². The van der Waals surface area contributed by atoms with E-state index in [-0.39, 0.29) is 21.1 Å². The fraction of sp³-hybridized carbons (Fsp3) is 0.200. The summed E-state index contributed by atoms with van der Waals surface area (Å²) in [4.78, 5) is 4.69. The van der Waals surface area contributed by atoms with Crippen molar-refractivity contribution in [2.75, 3.05) is 0 Å². The third-order valence-electron chi connectivity index (χ3n) is 8.47. The summed E-state index contributed by atoms with van der Waals surface area (Å²) < 4.78 is 10.4. The number of hydrogen-bond acceptors (Lipinski definition) is 3. The first-order valence-corrected chi connectivity index (χ1v) is 15.6. The average molecular weight is 784 g/mol. The van der Waals surface area contributed by atoms with Gasteiger partial charge in [-0.2, -0.15) is 17.2 Å². The molecule has 0 N–H and O–H groups in total. The molecule has 0 saturated carbocycles. The zero-order chi connectivity index (χ0) is 31.2. The van der Waals surface area contributed by atoms with Crippen LogP contribution in [0.2, 0.25) is 0 Å². The van der Waals surface area contributed by atoms with Crippen molar-refractivity contribution in [2.45, 2.75) is 53.4 Å². The molecule has 3 aromatic heterocycles. The number of aromatic nitrogens is 4. The average Bonchev–Trinajstić information content (AvgIpc) is 3.64. The number of para-hydroxylation sites is 1. The molecule has 0 spiro atoms. The quantitative estimate of drug-likeness (QED) is 0.151. The minimum atomic E-state index is 0. The Balaban J connectivity index is 0.00000372. The molecule has 0 aliphatic rings. The van der Waals surface area contributed by atoms with Crippen LogP contribution in [0.1, 0.15) is 61.8 Å². The van der Waals surface area contributed by atoms with Gasteiger partial charge in [-0.3, -0.25) is 4.68 Å². The summed E-state index contributed by atoms with van der Waals surface area (Å²) in [6.45, 7) is 13.3. The second-order valence-corrected chi connectivity index (χ2v) is 12.4. The molecular weight excluding hydrogens is 748 g/mol. The molecule has 7 aromatic rings. The number of fused-ring (bicyclic) bond motifs is 3. The van der Waals surface area contributed by atoms with Crippen molar-refractivity contribution in [3.63, 3.8) is 0 Å². The van der Waals surface area contributed by atoms with Gasteiger partial charge in [0.2, 0.25) is 0 Å². The molecule has 0 atom stereocenters. The van der Waals surface area contributed by atoms with Gasteiger partial charge in [-0.15, -0.1) is 35.7 Å². The van der Waals surface area contributed by atoms with Gasteiger partial charge >= 0.3 is 21.1 Å². The summed E-state index contributed by atoms with van der Waals surface area (Å²) in [5, 5.41) is 7.02. The topological polar surface area (TPSA) is 44.9 Å². The number of hydrogen-bond donors (Lipinski definition) is 0. The first kappa shape index (κ1) is 31.5. The summed E-state index contributed by atoms with van der Waals surface area (Å²) in [6.07, 6.45) is 5.92. The first-order chi connectivity index (χ1) is 21.8. The van der Waals surface area contributed by atoms with Crippen molar-refractivity contribution in [1.29, 1.82) is 0 Å². The molecule has 6 heteroatoms. The van der Waals surface area contributed by atoms with Gasteiger partial charge in [-0.25, -0.2) is 4.98 Å². The third-order valence-corrected chi connectivity index (χ3v) is 8.47. The molecule has 232 valence electrons. The zero-order valence-corrected chi connectivity index (χ0v) is 29.2. The molecule has 0 aliphatic heterocycles. The number of aryl methyl sites for hydroxylation is 2. The van der Waals surface area contributed by atoms with E-state index >= 15 is 0 Å². The number of rotatable bonds is 7. The van der Waals surface area contributed by atoms with Crippen molar-refractivity contribution >= 4 is 21.8 Å². The van der Waals surface area contributed by atoms with E-state index in [1.807, 2.05) is 47.4 Å². The molecule has 7 rings (SSSR count). The Labute approximate surface area is 285 Å². The summed E-state index contributed by atoms with van der Waals surface area (Å²) >= 11 is 0. The van der Waals surface area contributed by atoms with E-state index in [1.165, 1.54) is 22.3 Å². The number of pyridine rings is 1. The van der Waals surface area contributed by atoms with Crippen molar-refractivity contribution in [2.24, 2.45) is 0 Å². The summed E-state index contributed by atoms with van der Waals surface area (Å²) in [7, 11) is 0. The molecule has 5 nitrogen and oxygen atoms in total. The second-order valence-electron chi connectivity index (χ2n) is 12.4. The predicted molar refractivity (Wildman–Crippen MR) is 183 cm³/mol. The van der Waals surface area contributed by atoms with E-state index in [9.17, 15) is 0 Å². The van der Waals surface area contributed by atoms with Gasteiger partial charge in [0.25, 0.3) is 0 Å². The first-order valence-electron chi connectivity index (χ1n) is 15.6. The summed E-state index contributed by atoms with van der Waals surface area (Å²) in [6, 6.07) is 33.9. The molecule has 0 saturated heterocycles. The van der Waals surface area contributed by atoms with E-state index in [0.29, 0.717) is 23.3 Å². The van der Waals surface area contributed by atoms with E-state index in [4.69, 9.17) is 9.84 Å². The minimum absolute atomic E-state index is 0. The van der Waals surface area contributed by atoms with E-state index in [2.05, 4.69) is 118 Å². The standard InChI is InChI=1S/C40H36N4O.Pt/c1-25(2)33-16-14-28(6)39(26(3)4)40(33)29-23-42-43(24-29)30-10-9-11-31(21-30)45-32-15-17-35-34-12-7-8-13-36(34)44(37(35)22-32)38-20-27(5)18-19-41-38;/h7-20,23-26H,1-6H3;/q-2;+2. The number of ether oxygens (including phenoxy) is 1. The van der Waals surface area contributed by atoms with Crippen molar-refractivity contribution < 1.29 is 25.8 Å². The van der Waals surface area contributed by atoms with Crippen LogP contribution >= 0.6 is 0 Å². The van der Waals surface area contributed by atoms with Crippen LogP contribution in [0, 0.1) is 26.0 Å². The van der Waals surface area contributed by atoms with Gasteiger partial charge in [0.05, 0.1) is 6.20 Å². The zero-order valence-electron chi connectivity index (χ0n) is 26.9. The Morgan fingerprint density at radius 2 is 1.59 bits per heavy atom. The molecule has 3 heterocycles. The Kier molecular flexibility index (Phi) is 8.72. The fourth-order valence-electron chi connectivity index (χ4n) is 6.43. The molecule has 0 amide bonds. The largest absolute Gasteiger partial charge is 2.00 e. The minimum Gasteiger partial charge on any atom is -0.509 e. The number of nitrogens with zero attached hydrogens (tertiary/aromatic N) is 4. The van der Waals surface area contributed by atoms with Crippen LogP contribution in [0.3, 0.4) is 0 Å². The van der Waals surface area contributed by atoms with Gasteiger partial charge in [0, 0.05) is 35.0 Å². The van der Waals surface area contributed by atoms with Crippen molar-refractivity contribution in [3.8, 4) is 34.1 Å². The molecule has 46 heavy (non-hydrogen) atoms. The van der Waals surface area contributed by atoms with Gasteiger partial charge in [0.1, 0.15) is 5.82 Å². The normalized spacial score (nSPS) is 11.5. The van der Waals surface area contributed by atoms with Crippen LogP contribution in [0.25, 0.3) is 44.4 Å². The maximum Gasteiger partial charge on any atom is 2.00 e. The van der Waals surface area contributed by atoms with Gasteiger partial charge in [0.15, 0.2) is 0 Å². The molecule has 0 radical (unpaired) electrons. The van der Waals surface area contributed by atoms with Crippen molar-refractivity contribution in [3.05, 3.63) is 132 Å². The Morgan fingerprint density at radius 3 is 2.37 bits per heavy atom. The van der Waals surface area contributed by atoms with E-state index in [0.717, 1.165) is 44.4 Å². The fourth-order valence-corrected chi connectivity index (χ4v) is 6.43. The second kappa shape index (κ2) is 12.7. The van der Waals surface area contributed by atoms with Crippen LogP contribution in [0.5, 0.6) is 11.5 Å². The summed E-state index contributed by atoms with van der Waals surface area (Å²) in [5.41, 5.74) is 10.4. The maximum atomic E-state index is 6.38. The molecule has 0 aliphatic carbocycles. The SMILES string of the molecule is Cc1ccnc(-n2c3[c-]c(Oc4[c-]c(-n5cc(-c6c(C(C)C)ccc(C)c6C(C)C)cn5)ccc4)ccc3c3ccccc32)c1.[Pt+2]. The van der Waals surface area contributed by atoms with Gasteiger partial charge in [-0.1, -0.05) is 63.5 Å². The van der Waals surface area contributed by atoms with Crippen LogP contribution in [0.15, 0.2) is 97.5 Å². The van der Waals surface area contributed by atoms with Crippen LogP contribution in [0.4, 0.5) is 0 Å². The maximum absolute atomic E-state index is 6.38. The predicted octanol–water partition coefficient (Wildman–Crippen LogP) is 10.3. The van der Waals surface area contributed by atoms with Gasteiger partial charge < -0.3 is 9.30 Å². The van der Waals surface area contributed by atoms with Crippen LogP contribution in [-0.2, 0) is 21.1 Å².